The molecule has 0 radical (unpaired) electrons. The molecule has 5 rings (SSSR count). The summed E-state index contributed by atoms with van der Waals surface area (Å²) < 4.78 is 13.1. The van der Waals surface area contributed by atoms with E-state index in [0.29, 0.717) is 48.0 Å². The van der Waals surface area contributed by atoms with Crippen LogP contribution in [0.4, 0.5) is 16.0 Å². The summed E-state index contributed by atoms with van der Waals surface area (Å²) in [7, 11) is 0. The number of carbonyl (C=O) groups is 1. The van der Waals surface area contributed by atoms with Crippen molar-refractivity contribution in [1.29, 1.82) is 5.26 Å². The van der Waals surface area contributed by atoms with Crippen molar-refractivity contribution in [2.24, 2.45) is 0 Å². The second kappa shape index (κ2) is 10.7. The maximum Gasteiger partial charge on any atom is 0.255 e. The van der Waals surface area contributed by atoms with Gasteiger partial charge in [-0.25, -0.2) is 19.3 Å². The van der Waals surface area contributed by atoms with Gasteiger partial charge in [0.25, 0.3) is 5.91 Å². The fraction of sp³-hybridized carbons (Fsp3) is 0.111. The number of benzene rings is 2. The molecule has 188 valence electrons. The van der Waals surface area contributed by atoms with Crippen LogP contribution in [-0.2, 0) is 13.0 Å². The maximum atomic E-state index is 13.1. The van der Waals surface area contributed by atoms with Gasteiger partial charge in [0.05, 0.1) is 23.0 Å². The summed E-state index contributed by atoms with van der Waals surface area (Å²) in [5, 5.41) is 21.9. The van der Waals surface area contributed by atoms with Crippen LogP contribution in [0.2, 0.25) is 0 Å². The molecule has 11 heteroatoms. The van der Waals surface area contributed by atoms with Gasteiger partial charge in [-0.3, -0.25) is 9.89 Å². The van der Waals surface area contributed by atoms with Crippen LogP contribution in [0.25, 0.3) is 22.4 Å². The predicted molar refractivity (Wildman–Crippen MR) is 140 cm³/mol. The number of nitrogens with one attached hydrogen (secondary N) is 3. The average Bonchev–Trinajstić information content (AvgIpc) is 3.33. The minimum atomic E-state index is -0.359. The van der Waals surface area contributed by atoms with Crippen molar-refractivity contribution < 1.29 is 9.18 Å². The lowest BCUT2D eigenvalue weighted by Crippen LogP contribution is -2.27. The number of aromatic nitrogens is 5. The number of nitriles is 1. The first-order valence-electron chi connectivity index (χ1n) is 11.7. The van der Waals surface area contributed by atoms with Gasteiger partial charge in [0.2, 0.25) is 0 Å². The van der Waals surface area contributed by atoms with Gasteiger partial charge in [0, 0.05) is 24.8 Å². The number of rotatable bonds is 8. The highest BCUT2D eigenvalue weighted by Crippen LogP contribution is 2.22. The summed E-state index contributed by atoms with van der Waals surface area (Å²) in [4.78, 5) is 26.0. The molecular weight excluding hydrogens is 485 g/mol. The number of hydrogen-bond acceptors (Lipinski definition) is 8. The molecule has 0 fully saturated rings. The van der Waals surface area contributed by atoms with E-state index in [2.05, 4.69) is 35.8 Å². The molecule has 0 aliphatic rings. The van der Waals surface area contributed by atoms with E-state index in [1.165, 1.54) is 24.4 Å². The Morgan fingerprint density at radius 2 is 1.82 bits per heavy atom. The van der Waals surface area contributed by atoms with Gasteiger partial charge in [0.1, 0.15) is 17.7 Å². The van der Waals surface area contributed by atoms with Crippen molar-refractivity contribution in [2.45, 2.75) is 13.0 Å². The summed E-state index contributed by atoms with van der Waals surface area (Å²) in [6.45, 7) is 0.746. The number of halogens is 1. The quantitative estimate of drug-likeness (QED) is 0.248. The Morgan fingerprint density at radius 3 is 2.58 bits per heavy atom. The maximum absolute atomic E-state index is 13.1. The number of anilines is 2. The smallest absolute Gasteiger partial charge is 0.255 e. The van der Waals surface area contributed by atoms with Crippen molar-refractivity contribution in [3.05, 3.63) is 95.1 Å². The molecule has 10 nitrogen and oxygen atoms in total. The topological polar surface area (TPSA) is 158 Å². The molecule has 0 saturated carbocycles. The number of fused-ring (bicyclic) bond motifs is 1. The first-order chi connectivity index (χ1) is 18.5. The number of H-pyrrole nitrogens is 1. The van der Waals surface area contributed by atoms with Crippen molar-refractivity contribution >= 4 is 28.7 Å². The van der Waals surface area contributed by atoms with Crippen molar-refractivity contribution in [3.8, 4) is 17.3 Å². The standard InChI is InChI=1S/C27H22FN9O/c28-20-7-3-16(4-8-20)9-10-31-27(38)21-11-18(12-29)14-33-25(21)32-13-17-1-5-19(6-2-17)22-15-34-26-23(35-22)24(30)36-37-26/h1-8,11,14-15H,9-10,13H2,(H,31,38)(H,32,33)(H3,30,34,36,37). The summed E-state index contributed by atoms with van der Waals surface area (Å²) in [5.41, 5.74) is 10.8. The Morgan fingerprint density at radius 1 is 1.05 bits per heavy atom. The molecule has 0 saturated heterocycles. The minimum absolute atomic E-state index is 0.265. The molecule has 3 aromatic heterocycles. The number of hydrogen-bond donors (Lipinski definition) is 4. The van der Waals surface area contributed by atoms with Crippen molar-refractivity contribution in [2.75, 3.05) is 17.6 Å². The fourth-order valence-electron chi connectivity index (χ4n) is 3.84. The zero-order valence-corrected chi connectivity index (χ0v) is 20.1. The largest absolute Gasteiger partial charge is 0.380 e. The molecule has 1 amide bonds. The lowest BCUT2D eigenvalue weighted by molar-refractivity contribution is 0.0954. The third kappa shape index (κ3) is 5.39. The average molecular weight is 508 g/mol. The molecular formula is C27H22FN9O. The molecule has 5 N–H and O–H groups in total. The van der Waals surface area contributed by atoms with Gasteiger partial charge in [-0.1, -0.05) is 36.4 Å². The van der Waals surface area contributed by atoms with Crippen LogP contribution in [0.15, 0.2) is 67.0 Å². The van der Waals surface area contributed by atoms with Crippen LogP contribution in [0.3, 0.4) is 0 Å². The third-order valence-electron chi connectivity index (χ3n) is 5.88. The Hall–Kier alpha value is -5.37. The molecule has 0 aliphatic carbocycles. The molecule has 3 heterocycles. The number of carbonyl (C=O) groups excluding carboxylic acids is 1. The Labute approximate surface area is 216 Å². The van der Waals surface area contributed by atoms with Crippen LogP contribution in [0, 0.1) is 17.1 Å². The number of nitrogens with two attached hydrogens (primary N) is 1. The molecule has 0 unspecified atom stereocenters. The molecule has 0 aliphatic heterocycles. The van der Waals surface area contributed by atoms with Gasteiger partial charge in [-0.05, 0) is 35.7 Å². The zero-order chi connectivity index (χ0) is 26.5. The first kappa shape index (κ1) is 24.3. The van der Waals surface area contributed by atoms with Crippen molar-refractivity contribution in [1.82, 2.24) is 30.5 Å². The Kier molecular flexibility index (Phi) is 6.86. The van der Waals surface area contributed by atoms with E-state index in [9.17, 15) is 14.4 Å². The predicted octanol–water partition coefficient (Wildman–Crippen LogP) is 3.59. The number of aromatic amines is 1. The van der Waals surface area contributed by atoms with Gasteiger partial charge in [0.15, 0.2) is 17.0 Å². The van der Waals surface area contributed by atoms with E-state index < -0.39 is 0 Å². The number of nitrogen functional groups attached to an aromatic ring is 1. The van der Waals surface area contributed by atoms with E-state index in [1.807, 2.05) is 30.3 Å². The molecule has 0 atom stereocenters. The molecule has 38 heavy (non-hydrogen) atoms. The van der Waals surface area contributed by atoms with E-state index >= 15 is 0 Å². The van der Waals surface area contributed by atoms with E-state index in [-0.39, 0.29) is 22.9 Å². The molecule has 0 bridgehead atoms. The SMILES string of the molecule is N#Cc1cnc(NCc2ccc(-c3cnc4[nH]nc(N)c4n3)cc2)c(C(=O)NCCc2ccc(F)cc2)c1. The summed E-state index contributed by atoms with van der Waals surface area (Å²) in [6, 6.07) is 17.3. The Balaban J connectivity index is 1.25. The Bertz CT molecular complexity index is 1640. The highest BCUT2D eigenvalue weighted by Gasteiger charge is 2.14. The first-order valence-corrected chi connectivity index (χ1v) is 11.7. The summed E-state index contributed by atoms with van der Waals surface area (Å²) in [5.74, 6) is -0.0151. The second-order valence-corrected chi connectivity index (χ2v) is 8.48. The minimum Gasteiger partial charge on any atom is -0.380 e. The number of nitrogens with zero attached hydrogens (tertiary/aromatic N) is 5. The fourth-order valence-corrected chi connectivity index (χ4v) is 3.84. The monoisotopic (exact) mass is 507 g/mol. The van der Waals surface area contributed by atoms with Gasteiger partial charge in [-0.2, -0.15) is 10.4 Å². The van der Waals surface area contributed by atoms with Crippen LogP contribution < -0.4 is 16.4 Å². The van der Waals surface area contributed by atoms with Gasteiger partial charge >= 0.3 is 0 Å². The normalized spacial score (nSPS) is 10.7. The van der Waals surface area contributed by atoms with Gasteiger partial charge < -0.3 is 16.4 Å². The summed E-state index contributed by atoms with van der Waals surface area (Å²) >= 11 is 0. The van der Waals surface area contributed by atoms with Crippen LogP contribution in [-0.4, -0.2) is 37.6 Å². The molecule has 5 aromatic rings. The zero-order valence-electron chi connectivity index (χ0n) is 20.1. The van der Waals surface area contributed by atoms with E-state index in [4.69, 9.17) is 5.73 Å². The highest BCUT2D eigenvalue weighted by molar-refractivity contribution is 5.99. The van der Waals surface area contributed by atoms with E-state index in [0.717, 1.165) is 16.7 Å². The molecule has 2 aromatic carbocycles. The lowest BCUT2D eigenvalue weighted by atomic mass is 10.1. The van der Waals surface area contributed by atoms with Crippen LogP contribution in [0.5, 0.6) is 0 Å². The van der Waals surface area contributed by atoms with E-state index in [1.54, 1.807) is 18.3 Å². The van der Waals surface area contributed by atoms with Crippen molar-refractivity contribution in [3.63, 3.8) is 0 Å². The number of amides is 1. The summed E-state index contributed by atoms with van der Waals surface area (Å²) in [6.07, 6.45) is 3.60. The van der Waals surface area contributed by atoms with Gasteiger partial charge in [-0.15, -0.1) is 0 Å². The lowest BCUT2D eigenvalue weighted by Gasteiger charge is -2.12. The number of pyridine rings is 1. The second-order valence-electron chi connectivity index (χ2n) is 8.48. The third-order valence-corrected chi connectivity index (χ3v) is 5.88. The molecule has 0 spiro atoms. The van der Waals surface area contributed by atoms with Crippen LogP contribution in [0.1, 0.15) is 27.0 Å². The highest BCUT2D eigenvalue weighted by atomic mass is 19.1. The van der Waals surface area contributed by atoms with Crippen LogP contribution >= 0.6 is 0 Å².